The van der Waals surface area contributed by atoms with Crippen molar-refractivity contribution in [3.8, 4) is 0 Å². The Morgan fingerprint density at radius 2 is 1.78 bits per heavy atom. The van der Waals surface area contributed by atoms with Crippen molar-refractivity contribution >= 4 is 16.9 Å². The highest BCUT2D eigenvalue weighted by molar-refractivity contribution is 5.94. The molecule has 1 aromatic heterocycles. The normalized spacial score (nSPS) is 10.9. The predicted molar refractivity (Wildman–Crippen MR) is 92.7 cm³/mol. The molecule has 0 fully saturated rings. The lowest BCUT2D eigenvalue weighted by atomic mass is 10.1. The highest BCUT2D eigenvalue weighted by Crippen LogP contribution is 2.15. The van der Waals surface area contributed by atoms with Crippen molar-refractivity contribution in [3.05, 3.63) is 65.0 Å². The zero-order valence-electron chi connectivity index (χ0n) is 13.8. The van der Waals surface area contributed by atoms with Crippen LogP contribution in [0.2, 0.25) is 0 Å². The zero-order valence-corrected chi connectivity index (χ0v) is 13.8. The second kappa shape index (κ2) is 6.24. The summed E-state index contributed by atoms with van der Waals surface area (Å²) in [5.41, 5.74) is 5.02. The summed E-state index contributed by atoms with van der Waals surface area (Å²) in [5.74, 6) is 0.936. The maximum Gasteiger partial charge on any atom is 0.251 e. The van der Waals surface area contributed by atoms with Gasteiger partial charge in [-0.25, -0.2) is 4.98 Å². The highest BCUT2D eigenvalue weighted by atomic mass is 16.1. The van der Waals surface area contributed by atoms with Crippen molar-refractivity contribution in [2.45, 2.75) is 27.3 Å². The molecule has 0 radical (unpaired) electrons. The van der Waals surface area contributed by atoms with E-state index >= 15 is 0 Å². The van der Waals surface area contributed by atoms with Gasteiger partial charge in [-0.15, -0.1) is 0 Å². The van der Waals surface area contributed by atoms with Gasteiger partial charge in [-0.1, -0.05) is 29.3 Å². The zero-order chi connectivity index (χ0) is 16.4. The Morgan fingerprint density at radius 1 is 1.09 bits per heavy atom. The van der Waals surface area contributed by atoms with Gasteiger partial charge in [0.2, 0.25) is 0 Å². The van der Waals surface area contributed by atoms with Crippen molar-refractivity contribution in [3.63, 3.8) is 0 Å². The Bertz CT molecular complexity index is 844. The lowest BCUT2D eigenvalue weighted by Gasteiger charge is -2.09. The first-order chi connectivity index (χ1) is 11.0. The van der Waals surface area contributed by atoms with E-state index in [1.54, 1.807) is 0 Å². The van der Waals surface area contributed by atoms with E-state index < -0.39 is 0 Å². The van der Waals surface area contributed by atoms with Gasteiger partial charge in [0, 0.05) is 18.7 Å². The van der Waals surface area contributed by atoms with Gasteiger partial charge in [0.15, 0.2) is 0 Å². The van der Waals surface area contributed by atoms with Crippen LogP contribution in [0.3, 0.4) is 0 Å². The topological polar surface area (TPSA) is 46.9 Å². The largest absolute Gasteiger partial charge is 0.350 e. The van der Waals surface area contributed by atoms with Crippen LogP contribution in [0.5, 0.6) is 0 Å². The number of imidazole rings is 1. The van der Waals surface area contributed by atoms with Crippen molar-refractivity contribution in [1.29, 1.82) is 0 Å². The van der Waals surface area contributed by atoms with Gasteiger partial charge >= 0.3 is 0 Å². The molecule has 3 aromatic rings. The molecule has 0 spiro atoms. The molecule has 118 valence electrons. The number of aromatic nitrogens is 2. The summed E-state index contributed by atoms with van der Waals surface area (Å²) in [6, 6.07) is 14.0. The number of fused-ring (bicyclic) bond motifs is 1. The monoisotopic (exact) mass is 307 g/mol. The Morgan fingerprint density at radius 3 is 2.52 bits per heavy atom. The maximum atomic E-state index is 12.3. The van der Waals surface area contributed by atoms with Crippen molar-refractivity contribution in [2.75, 3.05) is 6.54 Å². The second-order valence-electron chi connectivity index (χ2n) is 5.93. The van der Waals surface area contributed by atoms with E-state index in [1.807, 2.05) is 51.1 Å². The van der Waals surface area contributed by atoms with Crippen LogP contribution in [0.25, 0.3) is 11.0 Å². The number of aryl methyl sites for hydroxylation is 3. The van der Waals surface area contributed by atoms with E-state index in [2.05, 4.69) is 27.0 Å². The first-order valence-electron chi connectivity index (χ1n) is 7.83. The number of benzene rings is 2. The van der Waals surface area contributed by atoms with Gasteiger partial charge in [0.1, 0.15) is 5.82 Å². The van der Waals surface area contributed by atoms with E-state index in [0.717, 1.165) is 33.5 Å². The van der Waals surface area contributed by atoms with Gasteiger partial charge in [-0.2, -0.15) is 0 Å². The lowest BCUT2D eigenvalue weighted by molar-refractivity contribution is 0.0952. The molecule has 2 aromatic carbocycles. The number of hydrogen-bond donors (Lipinski definition) is 1. The number of amides is 1. The molecule has 0 atom stereocenters. The fourth-order valence-electron chi connectivity index (χ4n) is 2.97. The van der Waals surface area contributed by atoms with Crippen molar-refractivity contribution < 1.29 is 4.79 Å². The molecule has 1 N–H and O–H groups in total. The van der Waals surface area contributed by atoms with E-state index in [1.165, 1.54) is 0 Å². The number of nitrogens with zero attached hydrogens (tertiary/aromatic N) is 2. The van der Waals surface area contributed by atoms with E-state index in [9.17, 15) is 4.79 Å². The van der Waals surface area contributed by atoms with Crippen molar-refractivity contribution in [2.24, 2.45) is 0 Å². The minimum Gasteiger partial charge on any atom is -0.350 e. The molecule has 4 heteroatoms. The Balaban J connectivity index is 1.69. The molecule has 3 rings (SSSR count). The molecule has 0 saturated heterocycles. The molecule has 0 saturated carbocycles. The van der Waals surface area contributed by atoms with Crippen LogP contribution in [-0.4, -0.2) is 22.0 Å². The molecule has 4 nitrogen and oxygen atoms in total. The summed E-state index contributed by atoms with van der Waals surface area (Å²) in [4.78, 5) is 16.8. The average Bonchev–Trinajstić information content (AvgIpc) is 2.82. The third-order valence-corrected chi connectivity index (χ3v) is 3.95. The smallest absolute Gasteiger partial charge is 0.251 e. The lowest BCUT2D eigenvalue weighted by Crippen LogP contribution is -2.27. The Hall–Kier alpha value is -2.62. The highest BCUT2D eigenvalue weighted by Gasteiger charge is 2.09. The van der Waals surface area contributed by atoms with Gasteiger partial charge in [-0.3, -0.25) is 4.79 Å². The summed E-state index contributed by atoms with van der Waals surface area (Å²) >= 11 is 0. The van der Waals surface area contributed by atoms with E-state index in [0.29, 0.717) is 13.1 Å². The molecule has 0 bridgehead atoms. The van der Waals surface area contributed by atoms with E-state index in [-0.39, 0.29) is 5.91 Å². The molecule has 0 aliphatic carbocycles. The van der Waals surface area contributed by atoms with Gasteiger partial charge < -0.3 is 9.88 Å². The first kappa shape index (κ1) is 15.3. The molecule has 1 heterocycles. The molecule has 0 aliphatic rings. The van der Waals surface area contributed by atoms with Crippen LogP contribution in [0.15, 0.2) is 42.5 Å². The van der Waals surface area contributed by atoms with Gasteiger partial charge in [-0.05, 0) is 45.0 Å². The standard InChI is InChI=1S/C19H21N3O/c1-13-10-14(2)12-16(11-13)19(23)20-8-9-22-15(3)21-17-6-4-5-7-18(17)22/h4-7,10-12H,8-9H2,1-3H3,(H,20,23). The summed E-state index contributed by atoms with van der Waals surface area (Å²) in [6.07, 6.45) is 0. The molecule has 0 unspecified atom stereocenters. The van der Waals surface area contributed by atoms with Crippen LogP contribution in [0, 0.1) is 20.8 Å². The third-order valence-electron chi connectivity index (χ3n) is 3.95. The summed E-state index contributed by atoms with van der Waals surface area (Å²) in [6.45, 7) is 7.29. The molecule has 0 aliphatic heterocycles. The molecular formula is C19H21N3O. The maximum absolute atomic E-state index is 12.3. The Kier molecular flexibility index (Phi) is 4.15. The number of carbonyl (C=O) groups is 1. The number of hydrogen-bond acceptors (Lipinski definition) is 2. The minimum atomic E-state index is -0.0288. The average molecular weight is 307 g/mol. The fraction of sp³-hybridized carbons (Fsp3) is 0.263. The van der Waals surface area contributed by atoms with Gasteiger partial charge in [0.05, 0.1) is 11.0 Å². The number of rotatable bonds is 4. The van der Waals surface area contributed by atoms with Crippen molar-refractivity contribution in [1.82, 2.24) is 14.9 Å². The number of nitrogens with one attached hydrogen (secondary N) is 1. The fourth-order valence-corrected chi connectivity index (χ4v) is 2.97. The van der Waals surface area contributed by atoms with Crippen LogP contribution < -0.4 is 5.32 Å². The number of para-hydroxylation sites is 2. The molecular weight excluding hydrogens is 286 g/mol. The van der Waals surface area contributed by atoms with Crippen LogP contribution in [0.4, 0.5) is 0 Å². The Labute approximate surface area is 136 Å². The van der Waals surface area contributed by atoms with Crippen LogP contribution in [-0.2, 0) is 6.54 Å². The first-order valence-corrected chi connectivity index (χ1v) is 7.83. The number of carbonyl (C=O) groups excluding carboxylic acids is 1. The van der Waals surface area contributed by atoms with Crippen LogP contribution in [0.1, 0.15) is 27.3 Å². The summed E-state index contributed by atoms with van der Waals surface area (Å²) in [5, 5.41) is 3.00. The van der Waals surface area contributed by atoms with Crippen LogP contribution >= 0.6 is 0 Å². The third kappa shape index (κ3) is 3.26. The van der Waals surface area contributed by atoms with E-state index in [4.69, 9.17) is 0 Å². The quantitative estimate of drug-likeness (QED) is 0.803. The molecule has 1 amide bonds. The summed E-state index contributed by atoms with van der Waals surface area (Å²) < 4.78 is 2.14. The second-order valence-corrected chi connectivity index (χ2v) is 5.93. The minimum absolute atomic E-state index is 0.0288. The summed E-state index contributed by atoms with van der Waals surface area (Å²) in [7, 11) is 0. The van der Waals surface area contributed by atoms with Gasteiger partial charge in [0.25, 0.3) is 5.91 Å². The molecule has 23 heavy (non-hydrogen) atoms. The predicted octanol–water partition coefficient (Wildman–Crippen LogP) is 3.39. The SMILES string of the molecule is Cc1cc(C)cc(C(=O)NCCn2c(C)nc3ccccc32)c1.